The Kier molecular flexibility index (Phi) is 3.38. The van der Waals surface area contributed by atoms with Gasteiger partial charge >= 0.3 is 0 Å². The molecule has 1 fully saturated rings. The lowest BCUT2D eigenvalue weighted by Gasteiger charge is -1.99. The van der Waals surface area contributed by atoms with E-state index >= 15 is 0 Å². The molecular formula is C14H9ClN2O2S. The van der Waals surface area contributed by atoms with Gasteiger partial charge in [-0.1, -0.05) is 23.7 Å². The second-order valence-electron chi connectivity index (χ2n) is 4.08. The molecule has 1 aromatic heterocycles. The number of hydrogen-bond donors (Lipinski definition) is 2. The number of amides is 1. The molecule has 0 aliphatic carbocycles. The lowest BCUT2D eigenvalue weighted by molar-refractivity contribution is -0.115. The Morgan fingerprint density at radius 1 is 1.25 bits per heavy atom. The number of furan rings is 1. The Balaban J connectivity index is 1.92. The van der Waals surface area contributed by atoms with Crippen LogP contribution in [0.5, 0.6) is 0 Å². The summed E-state index contributed by atoms with van der Waals surface area (Å²) < 4.78 is 5.67. The molecule has 2 aromatic rings. The predicted molar refractivity (Wildman–Crippen MR) is 80.6 cm³/mol. The monoisotopic (exact) mass is 304 g/mol. The summed E-state index contributed by atoms with van der Waals surface area (Å²) in [6.07, 6.45) is 1.61. The van der Waals surface area contributed by atoms with Gasteiger partial charge in [-0.3, -0.25) is 10.2 Å². The van der Waals surface area contributed by atoms with E-state index in [2.05, 4.69) is 5.32 Å². The molecule has 1 aliphatic rings. The van der Waals surface area contributed by atoms with Crippen molar-refractivity contribution in [2.45, 2.75) is 0 Å². The van der Waals surface area contributed by atoms with Crippen LogP contribution in [0, 0.1) is 5.41 Å². The minimum Gasteiger partial charge on any atom is -0.457 e. The number of carbonyl (C=O) groups is 1. The minimum absolute atomic E-state index is 0.124. The van der Waals surface area contributed by atoms with E-state index in [0.717, 1.165) is 17.3 Å². The highest BCUT2D eigenvalue weighted by Gasteiger charge is 2.22. The van der Waals surface area contributed by atoms with Crippen molar-refractivity contribution in [1.29, 1.82) is 5.41 Å². The fraction of sp³-hybridized carbons (Fsp3) is 0. The molecule has 0 radical (unpaired) electrons. The smallest absolute Gasteiger partial charge is 0.264 e. The molecule has 1 aliphatic heterocycles. The van der Waals surface area contributed by atoms with Crippen LogP contribution in [0.2, 0.25) is 5.02 Å². The summed E-state index contributed by atoms with van der Waals surface area (Å²) in [4.78, 5) is 12.0. The zero-order valence-electron chi connectivity index (χ0n) is 10.1. The van der Waals surface area contributed by atoms with E-state index in [1.165, 1.54) is 0 Å². The number of hydrogen-bond acceptors (Lipinski definition) is 4. The second-order valence-corrected chi connectivity index (χ2v) is 5.54. The molecule has 0 atom stereocenters. The maximum atomic E-state index is 11.5. The number of carbonyl (C=O) groups excluding carboxylic acids is 1. The van der Waals surface area contributed by atoms with Crippen molar-refractivity contribution < 1.29 is 9.21 Å². The normalized spacial score (nSPS) is 16.8. The first-order valence-corrected chi connectivity index (χ1v) is 6.97. The van der Waals surface area contributed by atoms with Crippen molar-refractivity contribution in [3.8, 4) is 11.3 Å². The number of nitrogens with one attached hydrogen (secondary N) is 2. The Bertz CT molecular complexity index is 736. The molecule has 0 unspecified atom stereocenters. The predicted octanol–water partition coefficient (Wildman–Crippen LogP) is 3.74. The molecule has 2 heterocycles. The number of amidine groups is 1. The molecule has 100 valence electrons. The number of thioether (sulfide) groups is 1. The van der Waals surface area contributed by atoms with Gasteiger partial charge in [0, 0.05) is 11.6 Å². The highest BCUT2D eigenvalue weighted by Crippen LogP contribution is 2.31. The highest BCUT2D eigenvalue weighted by molar-refractivity contribution is 8.18. The first kappa shape index (κ1) is 13.0. The van der Waals surface area contributed by atoms with Crippen LogP contribution < -0.4 is 5.32 Å². The van der Waals surface area contributed by atoms with Gasteiger partial charge in [-0.2, -0.15) is 0 Å². The van der Waals surface area contributed by atoms with Crippen LogP contribution in [0.3, 0.4) is 0 Å². The maximum Gasteiger partial charge on any atom is 0.264 e. The van der Waals surface area contributed by atoms with Gasteiger partial charge in [-0.05, 0) is 36.0 Å². The average molecular weight is 305 g/mol. The van der Waals surface area contributed by atoms with E-state index in [-0.39, 0.29) is 11.1 Å². The van der Waals surface area contributed by atoms with E-state index in [9.17, 15) is 4.79 Å². The zero-order valence-corrected chi connectivity index (χ0v) is 11.7. The fourth-order valence-corrected chi connectivity index (χ4v) is 2.72. The van der Waals surface area contributed by atoms with Crippen LogP contribution in [0.4, 0.5) is 0 Å². The molecule has 0 saturated carbocycles. The SMILES string of the molecule is N=C1NC(=O)/C(=C/c2ccc(-c3ccccc3Cl)o2)S1. The van der Waals surface area contributed by atoms with Gasteiger partial charge in [0.05, 0.1) is 9.93 Å². The standard InChI is InChI=1S/C14H9ClN2O2S/c15-10-4-2-1-3-9(10)11-6-5-8(19-11)7-12-13(18)17-14(16)20-12/h1-7H,(H2,16,17,18)/b12-7-. The molecule has 1 aromatic carbocycles. The van der Waals surface area contributed by atoms with Crippen LogP contribution in [-0.2, 0) is 4.79 Å². The van der Waals surface area contributed by atoms with E-state index in [0.29, 0.717) is 21.4 Å². The van der Waals surface area contributed by atoms with Crippen molar-refractivity contribution in [2.75, 3.05) is 0 Å². The summed E-state index contributed by atoms with van der Waals surface area (Å²) in [7, 11) is 0. The van der Waals surface area contributed by atoms with E-state index < -0.39 is 0 Å². The summed E-state index contributed by atoms with van der Waals surface area (Å²) in [5, 5.41) is 10.5. The Hall–Kier alpha value is -1.98. The Morgan fingerprint density at radius 2 is 2.05 bits per heavy atom. The molecule has 0 bridgehead atoms. The lowest BCUT2D eigenvalue weighted by atomic mass is 10.2. The van der Waals surface area contributed by atoms with Crippen molar-refractivity contribution in [3.63, 3.8) is 0 Å². The topological polar surface area (TPSA) is 66.1 Å². The second kappa shape index (κ2) is 5.19. The molecule has 1 saturated heterocycles. The third-order valence-electron chi connectivity index (χ3n) is 2.70. The largest absolute Gasteiger partial charge is 0.457 e. The van der Waals surface area contributed by atoms with Crippen LogP contribution in [0.1, 0.15) is 5.76 Å². The molecule has 3 rings (SSSR count). The van der Waals surface area contributed by atoms with Crippen molar-refractivity contribution in [2.24, 2.45) is 0 Å². The van der Waals surface area contributed by atoms with Gasteiger partial charge in [0.15, 0.2) is 5.17 Å². The molecule has 20 heavy (non-hydrogen) atoms. The van der Waals surface area contributed by atoms with Crippen LogP contribution in [0.15, 0.2) is 45.7 Å². The third-order valence-corrected chi connectivity index (χ3v) is 3.86. The van der Waals surface area contributed by atoms with Crippen molar-refractivity contribution in [1.82, 2.24) is 5.32 Å². The van der Waals surface area contributed by atoms with E-state index in [1.54, 1.807) is 24.3 Å². The highest BCUT2D eigenvalue weighted by atomic mass is 35.5. The number of rotatable bonds is 2. The number of halogens is 1. The first-order valence-electron chi connectivity index (χ1n) is 5.77. The van der Waals surface area contributed by atoms with Crippen molar-refractivity contribution >= 4 is 40.5 Å². The first-order chi connectivity index (χ1) is 9.63. The summed E-state index contributed by atoms with van der Waals surface area (Å²) in [6.45, 7) is 0. The fourth-order valence-electron chi connectivity index (χ4n) is 1.81. The van der Waals surface area contributed by atoms with Gasteiger partial charge in [-0.15, -0.1) is 0 Å². The summed E-state index contributed by atoms with van der Waals surface area (Å²) in [5.41, 5.74) is 0.801. The average Bonchev–Trinajstić information content (AvgIpc) is 2.98. The third kappa shape index (κ3) is 2.50. The quantitative estimate of drug-likeness (QED) is 0.831. The summed E-state index contributed by atoms with van der Waals surface area (Å²) in [6, 6.07) is 11.0. The van der Waals surface area contributed by atoms with Gasteiger partial charge < -0.3 is 9.73 Å². The van der Waals surface area contributed by atoms with Gasteiger partial charge in [0.2, 0.25) is 0 Å². The molecule has 6 heteroatoms. The Morgan fingerprint density at radius 3 is 2.75 bits per heavy atom. The molecule has 0 spiro atoms. The molecule has 4 nitrogen and oxygen atoms in total. The van der Waals surface area contributed by atoms with E-state index in [1.807, 2.05) is 18.2 Å². The molecule has 1 amide bonds. The minimum atomic E-state index is -0.282. The maximum absolute atomic E-state index is 11.5. The van der Waals surface area contributed by atoms with E-state index in [4.69, 9.17) is 21.4 Å². The zero-order chi connectivity index (χ0) is 14.1. The Labute approximate surface area is 124 Å². The summed E-state index contributed by atoms with van der Waals surface area (Å²) in [5.74, 6) is 0.906. The van der Waals surface area contributed by atoms with Gasteiger partial charge in [-0.25, -0.2) is 0 Å². The molecular weight excluding hydrogens is 296 g/mol. The van der Waals surface area contributed by atoms with Gasteiger partial charge in [0.25, 0.3) is 5.91 Å². The molecule has 2 N–H and O–H groups in total. The van der Waals surface area contributed by atoms with Crippen LogP contribution in [-0.4, -0.2) is 11.1 Å². The summed E-state index contributed by atoms with van der Waals surface area (Å²) >= 11 is 7.18. The lowest BCUT2D eigenvalue weighted by Crippen LogP contribution is -2.18. The van der Waals surface area contributed by atoms with Crippen LogP contribution >= 0.6 is 23.4 Å². The number of benzene rings is 1. The van der Waals surface area contributed by atoms with Gasteiger partial charge in [0.1, 0.15) is 11.5 Å². The van der Waals surface area contributed by atoms with Crippen LogP contribution in [0.25, 0.3) is 17.4 Å². The van der Waals surface area contributed by atoms with Crippen molar-refractivity contribution in [3.05, 3.63) is 52.1 Å².